The fraction of sp³-hybridized carbons (Fsp3) is 0.786. The minimum Gasteiger partial charge on any atom is -0.406 e. The van der Waals surface area contributed by atoms with Crippen LogP contribution in [-0.2, 0) is 9.22 Å². The average Bonchev–Trinajstić information content (AvgIpc) is 2.12. The average molecular weight is 285 g/mol. The van der Waals surface area contributed by atoms with E-state index in [-0.39, 0.29) is 11.1 Å². The van der Waals surface area contributed by atoms with Crippen LogP contribution in [-0.4, -0.2) is 28.8 Å². The van der Waals surface area contributed by atoms with Crippen molar-refractivity contribution >= 4 is 22.7 Å². The van der Waals surface area contributed by atoms with Crippen LogP contribution in [0.3, 0.4) is 0 Å². The van der Waals surface area contributed by atoms with Crippen molar-refractivity contribution < 1.29 is 9.22 Å². The van der Waals surface area contributed by atoms with Crippen molar-refractivity contribution in [2.24, 2.45) is 0 Å². The van der Waals surface area contributed by atoms with Crippen LogP contribution in [0.1, 0.15) is 27.2 Å². The number of rotatable bonds is 4. The number of hydrogen-bond donors (Lipinski definition) is 0. The van der Waals surface area contributed by atoms with Crippen LogP contribution in [0.25, 0.3) is 0 Å². The quantitative estimate of drug-likeness (QED) is 0.445. The summed E-state index contributed by atoms with van der Waals surface area (Å²) in [7, 11) is -3.23. The molecule has 0 amide bonds. The Labute approximate surface area is 115 Å². The minimum atomic E-state index is -1.87. The van der Waals surface area contributed by atoms with Crippen LogP contribution in [0.5, 0.6) is 0 Å². The Morgan fingerprint density at radius 2 is 1.67 bits per heavy atom. The van der Waals surface area contributed by atoms with Gasteiger partial charge >= 0.3 is 0 Å². The molecule has 0 aliphatic carbocycles. The summed E-state index contributed by atoms with van der Waals surface area (Å²) in [5.41, 5.74) is 3.28. The fourth-order valence-corrected chi connectivity index (χ4v) is 2.97. The Morgan fingerprint density at radius 1 is 1.17 bits per heavy atom. The molecular weight excluding hydrogens is 256 g/mol. The molecule has 4 heteroatoms. The van der Waals surface area contributed by atoms with Crippen LogP contribution >= 0.6 is 0 Å². The third kappa shape index (κ3) is 6.53. The third-order valence-corrected chi connectivity index (χ3v) is 8.60. The third-order valence-electron chi connectivity index (χ3n) is 3.17. The van der Waals surface area contributed by atoms with Gasteiger partial charge in [-0.2, -0.15) is 0 Å². The van der Waals surface area contributed by atoms with Gasteiger partial charge in [0.15, 0.2) is 8.32 Å². The van der Waals surface area contributed by atoms with Crippen LogP contribution in [0.2, 0.25) is 37.8 Å². The first kappa shape index (κ1) is 17.6. The highest BCUT2D eigenvalue weighted by Crippen LogP contribution is 2.37. The summed E-state index contributed by atoms with van der Waals surface area (Å²) in [5, 5.41) is 0.125. The van der Waals surface area contributed by atoms with Gasteiger partial charge in [0.2, 0.25) is 0 Å². The van der Waals surface area contributed by atoms with Gasteiger partial charge in [0.1, 0.15) is 20.5 Å². The molecule has 0 aliphatic rings. The second-order valence-corrected chi connectivity index (χ2v) is 16.8. The molecule has 0 aromatic carbocycles. The van der Waals surface area contributed by atoms with Crippen molar-refractivity contribution in [1.29, 1.82) is 0 Å². The van der Waals surface area contributed by atoms with Crippen molar-refractivity contribution in [3.63, 3.8) is 0 Å². The lowest BCUT2D eigenvalue weighted by molar-refractivity contribution is -0.113. The number of carbonyl (C=O) groups is 1. The maximum absolute atomic E-state index is 11.1. The molecule has 0 aliphatic heterocycles. The minimum absolute atomic E-state index is 0.125. The molecule has 0 N–H and O–H groups in total. The summed E-state index contributed by atoms with van der Waals surface area (Å²) in [6.07, 6.45) is 1.06. The highest BCUT2D eigenvalue weighted by atomic mass is 28.4. The van der Waals surface area contributed by atoms with Gasteiger partial charge in [0.05, 0.1) is 0 Å². The predicted octanol–water partition coefficient (Wildman–Crippen LogP) is 3.85. The lowest BCUT2D eigenvalue weighted by Crippen LogP contribution is -2.44. The maximum atomic E-state index is 11.1. The van der Waals surface area contributed by atoms with Crippen LogP contribution in [0.4, 0.5) is 0 Å². The van der Waals surface area contributed by atoms with Gasteiger partial charge < -0.3 is 9.22 Å². The van der Waals surface area contributed by atoms with Crippen molar-refractivity contribution in [3.8, 4) is 11.5 Å². The van der Waals surface area contributed by atoms with E-state index in [0.717, 1.165) is 6.29 Å². The van der Waals surface area contributed by atoms with Gasteiger partial charge in [-0.15, -0.1) is 11.5 Å². The molecule has 0 saturated carbocycles. The first-order valence-corrected chi connectivity index (χ1v) is 12.9. The van der Waals surface area contributed by atoms with E-state index < -0.39 is 16.4 Å². The summed E-state index contributed by atoms with van der Waals surface area (Å²) >= 11 is 0. The molecule has 0 heterocycles. The summed E-state index contributed by atoms with van der Waals surface area (Å²) in [6, 6.07) is 0. The molecule has 0 saturated heterocycles. The topological polar surface area (TPSA) is 26.3 Å². The zero-order valence-electron chi connectivity index (χ0n) is 13.2. The van der Waals surface area contributed by atoms with E-state index in [0.29, 0.717) is 6.42 Å². The highest BCUT2D eigenvalue weighted by Gasteiger charge is 2.38. The Kier molecular flexibility index (Phi) is 6.05. The van der Waals surface area contributed by atoms with Crippen molar-refractivity contribution in [1.82, 2.24) is 0 Å². The fourth-order valence-electron chi connectivity index (χ4n) is 1.09. The Hall–Kier alpha value is -0.376. The predicted molar refractivity (Wildman–Crippen MR) is 83.9 cm³/mol. The largest absolute Gasteiger partial charge is 0.406 e. The first-order chi connectivity index (χ1) is 7.89. The second-order valence-electron chi connectivity index (χ2n) is 7.31. The molecule has 1 unspecified atom stereocenters. The first-order valence-electron chi connectivity index (χ1n) is 6.52. The van der Waals surface area contributed by atoms with Crippen molar-refractivity contribution in [2.45, 2.75) is 71.1 Å². The lowest BCUT2D eigenvalue weighted by Gasteiger charge is -2.37. The molecule has 18 heavy (non-hydrogen) atoms. The van der Waals surface area contributed by atoms with Crippen LogP contribution < -0.4 is 0 Å². The number of hydrogen-bond acceptors (Lipinski definition) is 2. The van der Waals surface area contributed by atoms with Crippen LogP contribution in [0.15, 0.2) is 0 Å². The van der Waals surface area contributed by atoms with Crippen molar-refractivity contribution in [3.05, 3.63) is 0 Å². The molecule has 0 aromatic rings. The normalized spacial score (nSPS) is 14.7. The van der Waals surface area contributed by atoms with Crippen LogP contribution in [0, 0.1) is 11.5 Å². The number of aldehydes is 1. The molecule has 2 nitrogen and oxygen atoms in total. The Bertz CT molecular complexity index is 338. The van der Waals surface area contributed by atoms with E-state index in [2.05, 4.69) is 65.0 Å². The van der Waals surface area contributed by atoms with Gasteiger partial charge in [-0.25, -0.2) is 0 Å². The molecule has 0 rings (SSSR count). The summed E-state index contributed by atoms with van der Waals surface area (Å²) in [4.78, 5) is 11.1. The molecule has 0 radical (unpaired) electrons. The molecule has 104 valence electrons. The second kappa shape index (κ2) is 6.18. The molecule has 0 spiro atoms. The molecule has 0 aromatic heterocycles. The zero-order chi connectivity index (χ0) is 14.6. The molecule has 0 bridgehead atoms. The lowest BCUT2D eigenvalue weighted by atomic mass is 10.2. The molecular formula is C14H28O2Si2. The molecule has 0 fully saturated rings. The summed E-state index contributed by atoms with van der Waals surface area (Å²) in [6.45, 7) is 17.4. The molecule has 1 atom stereocenters. The monoisotopic (exact) mass is 284 g/mol. The van der Waals surface area contributed by atoms with E-state index in [9.17, 15) is 4.79 Å². The number of carbonyl (C=O) groups excluding carboxylic acids is 1. The van der Waals surface area contributed by atoms with Gasteiger partial charge in [-0.3, -0.25) is 0 Å². The van der Waals surface area contributed by atoms with Crippen molar-refractivity contribution in [2.75, 3.05) is 0 Å². The van der Waals surface area contributed by atoms with E-state index in [1.165, 1.54) is 0 Å². The Morgan fingerprint density at radius 3 is 2.00 bits per heavy atom. The van der Waals surface area contributed by atoms with E-state index in [1.54, 1.807) is 0 Å². The standard InChI is InChI=1S/C14H28O2Si2/c1-14(2,3)18(7,8)16-13(12-15)10-9-11-17(4,5)6/h12-13H,10H2,1-8H3. The van der Waals surface area contributed by atoms with Gasteiger partial charge in [0, 0.05) is 6.42 Å². The maximum Gasteiger partial charge on any atom is 0.193 e. The van der Waals surface area contributed by atoms with E-state index in [4.69, 9.17) is 4.43 Å². The van der Waals surface area contributed by atoms with E-state index >= 15 is 0 Å². The van der Waals surface area contributed by atoms with Gasteiger partial charge in [-0.05, 0) is 18.1 Å². The zero-order valence-corrected chi connectivity index (χ0v) is 15.2. The summed E-state index contributed by atoms with van der Waals surface area (Å²) < 4.78 is 6.05. The van der Waals surface area contributed by atoms with E-state index in [1.807, 2.05) is 0 Å². The Balaban J connectivity index is 4.63. The highest BCUT2D eigenvalue weighted by molar-refractivity contribution is 6.83. The SMILES string of the molecule is CC(C)(C)[Si](C)(C)OC(C=O)CC#C[Si](C)(C)C. The summed E-state index contributed by atoms with van der Waals surface area (Å²) in [5.74, 6) is 3.13. The van der Waals surface area contributed by atoms with Gasteiger partial charge in [-0.1, -0.05) is 40.4 Å². The van der Waals surface area contributed by atoms with Gasteiger partial charge in [0.25, 0.3) is 0 Å². The smallest absolute Gasteiger partial charge is 0.193 e.